The van der Waals surface area contributed by atoms with Gasteiger partial charge in [0.05, 0.1) is 19.3 Å². The van der Waals surface area contributed by atoms with Crippen LogP contribution in [-0.4, -0.2) is 72.6 Å². The molecule has 1 aliphatic rings. The van der Waals surface area contributed by atoms with Gasteiger partial charge in [0.15, 0.2) is 0 Å². The molecule has 0 bridgehead atoms. The minimum Gasteiger partial charge on any atom is -0.480 e. The van der Waals surface area contributed by atoms with Crippen LogP contribution < -0.4 is 0 Å². The molecule has 1 unspecified atom stereocenters. The molecule has 1 atom stereocenters. The molecule has 1 rings (SSSR count). The van der Waals surface area contributed by atoms with Gasteiger partial charge in [0, 0.05) is 13.1 Å². The average Bonchev–Trinajstić information content (AvgIpc) is 2.28. The topological polar surface area (TPSA) is 96.3 Å². The van der Waals surface area contributed by atoms with E-state index in [0.29, 0.717) is 19.7 Å². The molecule has 1 fully saturated rings. The SMILES string of the molecule is O=C(O)COCC(=O)N1CCOC(CO)C1. The summed E-state index contributed by atoms with van der Waals surface area (Å²) in [7, 11) is 0. The fourth-order valence-electron chi connectivity index (χ4n) is 1.37. The Kier molecular flexibility index (Phi) is 5.17. The Hall–Kier alpha value is -1.18. The van der Waals surface area contributed by atoms with Gasteiger partial charge >= 0.3 is 5.97 Å². The molecule has 7 nitrogen and oxygen atoms in total. The number of hydrogen-bond donors (Lipinski definition) is 2. The second-order valence-electron chi connectivity index (χ2n) is 3.40. The van der Waals surface area contributed by atoms with Crippen molar-refractivity contribution in [3.05, 3.63) is 0 Å². The van der Waals surface area contributed by atoms with Crippen LogP contribution in [0.2, 0.25) is 0 Å². The first-order valence-electron chi connectivity index (χ1n) is 4.93. The normalized spacial score (nSPS) is 20.8. The first-order chi connectivity index (χ1) is 7.63. The highest BCUT2D eigenvalue weighted by Crippen LogP contribution is 2.04. The van der Waals surface area contributed by atoms with Gasteiger partial charge in [-0.3, -0.25) is 4.79 Å². The summed E-state index contributed by atoms with van der Waals surface area (Å²) in [5.74, 6) is -1.40. The average molecular weight is 233 g/mol. The van der Waals surface area contributed by atoms with Gasteiger partial charge in [0.2, 0.25) is 5.91 Å². The summed E-state index contributed by atoms with van der Waals surface area (Å²) in [6, 6.07) is 0. The molecule has 1 saturated heterocycles. The number of carboxylic acid groups (broad SMARTS) is 1. The van der Waals surface area contributed by atoms with Crippen LogP contribution >= 0.6 is 0 Å². The predicted molar refractivity (Wildman–Crippen MR) is 51.9 cm³/mol. The Morgan fingerprint density at radius 1 is 1.44 bits per heavy atom. The highest BCUT2D eigenvalue weighted by molar-refractivity contribution is 5.78. The molecule has 0 aromatic heterocycles. The summed E-state index contributed by atoms with van der Waals surface area (Å²) >= 11 is 0. The minimum absolute atomic E-state index is 0.139. The third-order valence-electron chi connectivity index (χ3n) is 2.15. The highest BCUT2D eigenvalue weighted by Gasteiger charge is 2.23. The monoisotopic (exact) mass is 233 g/mol. The molecule has 2 N–H and O–H groups in total. The first-order valence-corrected chi connectivity index (χ1v) is 4.93. The van der Waals surface area contributed by atoms with E-state index in [9.17, 15) is 9.59 Å². The fraction of sp³-hybridized carbons (Fsp3) is 0.778. The van der Waals surface area contributed by atoms with E-state index in [4.69, 9.17) is 14.9 Å². The van der Waals surface area contributed by atoms with E-state index in [-0.39, 0.29) is 25.2 Å². The quantitative estimate of drug-likeness (QED) is 0.588. The van der Waals surface area contributed by atoms with Crippen LogP contribution in [0.4, 0.5) is 0 Å². The molecule has 7 heteroatoms. The van der Waals surface area contributed by atoms with Crippen molar-refractivity contribution in [1.29, 1.82) is 0 Å². The number of carbonyl (C=O) groups excluding carboxylic acids is 1. The standard InChI is InChI=1S/C9H15NO6/c11-4-7-3-10(1-2-16-7)8(12)5-15-6-9(13)14/h7,11H,1-6H2,(H,13,14). The second kappa shape index (κ2) is 6.41. The number of carbonyl (C=O) groups is 2. The van der Waals surface area contributed by atoms with Crippen molar-refractivity contribution in [2.75, 3.05) is 39.5 Å². The van der Waals surface area contributed by atoms with E-state index in [1.165, 1.54) is 4.90 Å². The summed E-state index contributed by atoms with van der Waals surface area (Å²) < 4.78 is 9.86. The number of amides is 1. The van der Waals surface area contributed by atoms with E-state index < -0.39 is 12.6 Å². The van der Waals surface area contributed by atoms with E-state index in [1.54, 1.807) is 0 Å². The minimum atomic E-state index is -1.11. The molecule has 0 aliphatic carbocycles. The van der Waals surface area contributed by atoms with Crippen molar-refractivity contribution < 1.29 is 29.3 Å². The van der Waals surface area contributed by atoms with E-state index in [0.717, 1.165) is 0 Å². The number of ether oxygens (including phenoxy) is 2. The van der Waals surface area contributed by atoms with Crippen molar-refractivity contribution in [2.45, 2.75) is 6.10 Å². The van der Waals surface area contributed by atoms with Gasteiger partial charge in [0.1, 0.15) is 13.2 Å². The molecule has 0 radical (unpaired) electrons. The van der Waals surface area contributed by atoms with Gasteiger partial charge in [-0.15, -0.1) is 0 Å². The Bertz CT molecular complexity index is 256. The lowest BCUT2D eigenvalue weighted by atomic mass is 10.3. The van der Waals surface area contributed by atoms with Crippen LogP contribution in [0.15, 0.2) is 0 Å². The molecule has 0 spiro atoms. The third-order valence-corrected chi connectivity index (χ3v) is 2.15. The van der Waals surface area contributed by atoms with Crippen LogP contribution in [-0.2, 0) is 19.1 Å². The zero-order valence-corrected chi connectivity index (χ0v) is 8.79. The van der Waals surface area contributed by atoms with Crippen molar-refractivity contribution in [3.63, 3.8) is 0 Å². The molecule has 16 heavy (non-hydrogen) atoms. The fourth-order valence-corrected chi connectivity index (χ4v) is 1.37. The van der Waals surface area contributed by atoms with Gasteiger partial charge in [-0.05, 0) is 0 Å². The number of carboxylic acids is 1. The number of morpholine rings is 1. The zero-order chi connectivity index (χ0) is 12.0. The van der Waals surface area contributed by atoms with Gasteiger partial charge in [0.25, 0.3) is 0 Å². The summed E-state index contributed by atoms with van der Waals surface area (Å²) in [6.45, 7) is 0.233. The van der Waals surface area contributed by atoms with Gasteiger partial charge < -0.3 is 24.6 Å². The van der Waals surface area contributed by atoms with Crippen molar-refractivity contribution >= 4 is 11.9 Å². The van der Waals surface area contributed by atoms with Crippen molar-refractivity contribution in [3.8, 4) is 0 Å². The molecule has 0 aromatic carbocycles. The molecule has 1 amide bonds. The maximum absolute atomic E-state index is 11.5. The summed E-state index contributed by atoms with van der Waals surface area (Å²) in [5.41, 5.74) is 0. The van der Waals surface area contributed by atoms with Crippen LogP contribution in [0.25, 0.3) is 0 Å². The lowest BCUT2D eigenvalue weighted by Crippen LogP contribution is -2.48. The van der Waals surface area contributed by atoms with Gasteiger partial charge in [-0.25, -0.2) is 4.79 Å². The van der Waals surface area contributed by atoms with Gasteiger partial charge in [-0.2, -0.15) is 0 Å². The predicted octanol–water partition coefficient (Wildman–Crippen LogP) is -1.69. The molecular formula is C9H15NO6. The number of aliphatic hydroxyl groups is 1. The maximum Gasteiger partial charge on any atom is 0.329 e. The van der Waals surface area contributed by atoms with Gasteiger partial charge in [-0.1, -0.05) is 0 Å². The Morgan fingerprint density at radius 2 is 2.19 bits per heavy atom. The molecule has 92 valence electrons. The maximum atomic E-state index is 11.5. The van der Waals surface area contributed by atoms with Crippen LogP contribution in [0.3, 0.4) is 0 Å². The lowest BCUT2D eigenvalue weighted by molar-refractivity contribution is -0.149. The number of aliphatic hydroxyl groups excluding tert-OH is 1. The van der Waals surface area contributed by atoms with E-state index in [2.05, 4.69) is 4.74 Å². The summed E-state index contributed by atoms with van der Waals surface area (Å²) in [6.07, 6.45) is -0.364. The van der Waals surface area contributed by atoms with Crippen LogP contribution in [0.5, 0.6) is 0 Å². The molecule has 0 aromatic rings. The molecule has 1 heterocycles. The third kappa shape index (κ3) is 4.13. The Balaban J connectivity index is 2.27. The number of hydrogen-bond acceptors (Lipinski definition) is 5. The Morgan fingerprint density at radius 3 is 2.81 bits per heavy atom. The number of aliphatic carboxylic acids is 1. The van der Waals surface area contributed by atoms with Crippen LogP contribution in [0.1, 0.15) is 0 Å². The molecule has 1 aliphatic heterocycles. The molecule has 0 saturated carbocycles. The largest absolute Gasteiger partial charge is 0.480 e. The highest BCUT2D eigenvalue weighted by atomic mass is 16.5. The zero-order valence-electron chi connectivity index (χ0n) is 8.79. The summed E-state index contributed by atoms with van der Waals surface area (Å²) in [5, 5.41) is 17.2. The van der Waals surface area contributed by atoms with Crippen molar-refractivity contribution in [1.82, 2.24) is 4.90 Å². The number of rotatable bonds is 5. The number of nitrogens with zero attached hydrogens (tertiary/aromatic N) is 1. The van der Waals surface area contributed by atoms with E-state index >= 15 is 0 Å². The van der Waals surface area contributed by atoms with Crippen LogP contribution in [0, 0.1) is 0 Å². The smallest absolute Gasteiger partial charge is 0.329 e. The summed E-state index contributed by atoms with van der Waals surface area (Å²) in [4.78, 5) is 23.2. The van der Waals surface area contributed by atoms with E-state index in [1.807, 2.05) is 0 Å². The Labute approximate surface area is 92.6 Å². The van der Waals surface area contributed by atoms with Crippen molar-refractivity contribution in [2.24, 2.45) is 0 Å². The first kappa shape index (κ1) is 12.9. The molecular weight excluding hydrogens is 218 g/mol. The second-order valence-corrected chi connectivity index (χ2v) is 3.40. The lowest BCUT2D eigenvalue weighted by Gasteiger charge is -2.31.